The van der Waals surface area contributed by atoms with Gasteiger partial charge in [0.05, 0.1) is 28.6 Å². The molecule has 0 bridgehead atoms. The van der Waals surface area contributed by atoms with Gasteiger partial charge in [0, 0.05) is 26.2 Å². The monoisotopic (exact) mass is 483 g/mol. The molecule has 0 saturated carbocycles. The van der Waals surface area contributed by atoms with Crippen LogP contribution in [0.25, 0.3) is 0 Å². The molecule has 2 aromatic carbocycles. The topological polar surface area (TPSA) is 44.8 Å². The highest BCUT2D eigenvalue weighted by atomic mass is 35.5. The van der Waals surface area contributed by atoms with Crippen LogP contribution in [0, 0.1) is 5.92 Å². The van der Waals surface area contributed by atoms with E-state index >= 15 is 0 Å². The molecule has 0 aliphatic carbocycles. The van der Waals surface area contributed by atoms with E-state index in [1.54, 1.807) is 4.90 Å². The fourth-order valence-electron chi connectivity index (χ4n) is 3.85. The molecule has 33 heavy (non-hydrogen) atoms. The molecule has 1 aliphatic rings. The first-order valence-electron chi connectivity index (χ1n) is 11.0. The molecule has 9 heteroatoms. The average Bonchev–Trinajstić information content (AvgIpc) is 2.77. The maximum Gasteiger partial charge on any atom is 0.416 e. The largest absolute Gasteiger partial charge is 0.492 e. The highest BCUT2D eigenvalue weighted by molar-refractivity contribution is 6.33. The van der Waals surface area contributed by atoms with E-state index < -0.39 is 17.8 Å². The van der Waals surface area contributed by atoms with Crippen LogP contribution in [0.1, 0.15) is 26.3 Å². The van der Waals surface area contributed by atoms with Crippen LogP contribution in [-0.2, 0) is 11.0 Å². The van der Waals surface area contributed by atoms with E-state index in [0.29, 0.717) is 38.5 Å². The van der Waals surface area contributed by atoms with Gasteiger partial charge in [-0.15, -0.1) is 0 Å². The summed E-state index contributed by atoms with van der Waals surface area (Å²) >= 11 is 6.10. The molecule has 1 amide bonds. The van der Waals surface area contributed by atoms with Crippen molar-refractivity contribution >= 4 is 28.9 Å². The van der Waals surface area contributed by atoms with Crippen LogP contribution >= 0.6 is 11.6 Å². The number of benzene rings is 2. The highest BCUT2D eigenvalue weighted by Gasteiger charge is 2.33. The van der Waals surface area contributed by atoms with Crippen LogP contribution in [-0.4, -0.2) is 49.6 Å². The van der Waals surface area contributed by atoms with Gasteiger partial charge in [0.25, 0.3) is 0 Å². The zero-order valence-corrected chi connectivity index (χ0v) is 19.7. The molecule has 0 aromatic heterocycles. The number of ether oxygens (including phenoxy) is 1. The van der Waals surface area contributed by atoms with Crippen molar-refractivity contribution in [1.29, 1.82) is 0 Å². The lowest BCUT2D eigenvalue weighted by atomic mass is 10.0. The maximum atomic E-state index is 13.3. The number of hydrogen-bond acceptors (Lipinski definition) is 4. The van der Waals surface area contributed by atoms with Crippen molar-refractivity contribution in [3.05, 3.63) is 53.1 Å². The third kappa shape index (κ3) is 6.05. The average molecular weight is 484 g/mol. The van der Waals surface area contributed by atoms with E-state index in [9.17, 15) is 18.0 Å². The minimum Gasteiger partial charge on any atom is -0.492 e. The molecule has 1 N–H and O–H groups in total. The second kappa shape index (κ2) is 10.5. The van der Waals surface area contributed by atoms with E-state index in [0.717, 1.165) is 23.6 Å². The van der Waals surface area contributed by atoms with E-state index in [4.69, 9.17) is 16.3 Å². The molecule has 1 saturated heterocycles. The standard InChI is InChI=1S/C24H29ClF3N3O2/c1-4-33-21-8-6-5-7-20(21)30-11-13-31(14-12-30)23(32)22(16(2)3)29-19-10-9-17(15-18(19)25)24(26,27)28/h5-10,15-16,22,29H,4,11-14H2,1-3H3/t22-/m0/s1. The summed E-state index contributed by atoms with van der Waals surface area (Å²) in [6, 6.07) is 10.3. The van der Waals surface area contributed by atoms with Crippen molar-refractivity contribution in [2.45, 2.75) is 33.0 Å². The van der Waals surface area contributed by atoms with Gasteiger partial charge in [-0.1, -0.05) is 37.6 Å². The van der Waals surface area contributed by atoms with Crippen molar-refractivity contribution in [3.63, 3.8) is 0 Å². The first-order chi connectivity index (χ1) is 15.6. The van der Waals surface area contributed by atoms with E-state index in [-0.39, 0.29) is 16.8 Å². The number of rotatable bonds is 7. The molecule has 3 rings (SSSR count). The Labute approximate surface area is 197 Å². The molecule has 0 radical (unpaired) electrons. The van der Waals surface area contributed by atoms with Crippen LogP contribution in [0.4, 0.5) is 24.5 Å². The van der Waals surface area contributed by atoms with E-state index in [2.05, 4.69) is 10.2 Å². The highest BCUT2D eigenvalue weighted by Crippen LogP contribution is 2.34. The molecule has 0 spiro atoms. The van der Waals surface area contributed by atoms with Gasteiger partial charge >= 0.3 is 6.18 Å². The summed E-state index contributed by atoms with van der Waals surface area (Å²) in [4.78, 5) is 17.3. The van der Waals surface area contributed by atoms with Gasteiger partial charge < -0.3 is 19.9 Å². The summed E-state index contributed by atoms with van der Waals surface area (Å²) in [5.74, 6) is 0.629. The third-order valence-corrected chi connectivity index (χ3v) is 5.95. The van der Waals surface area contributed by atoms with Crippen LogP contribution in [0.3, 0.4) is 0 Å². The number of alkyl halides is 3. The first kappa shape index (κ1) is 25.0. The lowest BCUT2D eigenvalue weighted by molar-refractivity contribution is -0.137. The second-order valence-corrected chi connectivity index (χ2v) is 8.68. The molecule has 1 heterocycles. The Balaban J connectivity index is 1.68. The van der Waals surface area contributed by atoms with Gasteiger partial charge in [-0.2, -0.15) is 13.2 Å². The fourth-order valence-corrected chi connectivity index (χ4v) is 4.09. The van der Waals surface area contributed by atoms with E-state index in [1.165, 1.54) is 6.07 Å². The molecule has 5 nitrogen and oxygen atoms in total. The van der Waals surface area contributed by atoms with Gasteiger partial charge in [-0.3, -0.25) is 4.79 Å². The number of hydrogen-bond donors (Lipinski definition) is 1. The van der Waals surface area contributed by atoms with Crippen LogP contribution in [0.15, 0.2) is 42.5 Å². The van der Waals surface area contributed by atoms with Gasteiger partial charge in [0.2, 0.25) is 5.91 Å². The Morgan fingerprint density at radius 2 is 1.79 bits per heavy atom. The van der Waals surface area contributed by atoms with Gasteiger partial charge in [-0.05, 0) is 43.2 Å². The SMILES string of the molecule is CCOc1ccccc1N1CCN(C(=O)[C@@H](Nc2ccc(C(F)(F)F)cc2Cl)C(C)C)CC1. The molecular weight excluding hydrogens is 455 g/mol. The number of carbonyl (C=O) groups excluding carboxylic acids is 1. The molecule has 1 atom stereocenters. The Bertz CT molecular complexity index is 960. The summed E-state index contributed by atoms with van der Waals surface area (Å²) in [5.41, 5.74) is 0.483. The summed E-state index contributed by atoms with van der Waals surface area (Å²) in [6.45, 7) is 8.67. The van der Waals surface area contributed by atoms with Crippen molar-refractivity contribution in [2.75, 3.05) is 43.0 Å². The Kier molecular flexibility index (Phi) is 8.00. The predicted octanol–water partition coefficient (Wildman–Crippen LogP) is 5.54. The van der Waals surface area contributed by atoms with Crippen LogP contribution in [0.5, 0.6) is 5.75 Å². The number of nitrogens with zero attached hydrogens (tertiary/aromatic N) is 2. The third-order valence-electron chi connectivity index (χ3n) is 5.64. The Hall–Kier alpha value is -2.61. The van der Waals surface area contributed by atoms with Crippen molar-refractivity contribution < 1.29 is 22.7 Å². The zero-order chi connectivity index (χ0) is 24.2. The fraction of sp³-hybridized carbons (Fsp3) is 0.458. The second-order valence-electron chi connectivity index (χ2n) is 8.27. The van der Waals surface area contributed by atoms with Crippen LogP contribution in [0.2, 0.25) is 5.02 Å². The maximum absolute atomic E-state index is 13.3. The lowest BCUT2D eigenvalue weighted by Crippen LogP contribution is -2.54. The number of nitrogens with one attached hydrogen (secondary N) is 1. The number of carbonyl (C=O) groups is 1. The summed E-state index contributed by atoms with van der Waals surface area (Å²) < 4.78 is 44.5. The minimum absolute atomic E-state index is 0.0689. The van der Waals surface area contributed by atoms with E-state index in [1.807, 2.05) is 45.0 Å². The number of anilines is 2. The smallest absolute Gasteiger partial charge is 0.416 e. The van der Waals surface area contributed by atoms with Crippen molar-refractivity contribution in [1.82, 2.24) is 4.90 Å². The molecular formula is C24H29ClF3N3O2. The summed E-state index contributed by atoms with van der Waals surface area (Å²) in [6.07, 6.45) is -4.48. The molecule has 180 valence electrons. The first-order valence-corrected chi connectivity index (χ1v) is 11.4. The molecule has 1 aliphatic heterocycles. The van der Waals surface area contributed by atoms with Gasteiger partial charge in [-0.25, -0.2) is 0 Å². The predicted molar refractivity (Wildman–Crippen MR) is 125 cm³/mol. The number of piperazine rings is 1. The molecule has 0 unspecified atom stereocenters. The molecule has 2 aromatic rings. The minimum atomic E-state index is -4.48. The Morgan fingerprint density at radius 3 is 2.36 bits per heavy atom. The van der Waals surface area contributed by atoms with Gasteiger partial charge in [0.15, 0.2) is 0 Å². The molecule has 1 fully saturated rings. The lowest BCUT2D eigenvalue weighted by Gasteiger charge is -2.39. The van der Waals surface area contributed by atoms with Crippen molar-refractivity contribution in [2.24, 2.45) is 5.92 Å². The Morgan fingerprint density at radius 1 is 1.12 bits per heavy atom. The van der Waals surface area contributed by atoms with Gasteiger partial charge in [0.1, 0.15) is 11.8 Å². The summed E-state index contributed by atoms with van der Waals surface area (Å²) in [5, 5.41) is 3.00. The number of para-hydroxylation sites is 2. The number of halogens is 4. The quantitative estimate of drug-likeness (QED) is 0.561. The van der Waals surface area contributed by atoms with Crippen molar-refractivity contribution in [3.8, 4) is 5.75 Å². The number of amides is 1. The normalized spacial score (nSPS) is 15.5. The summed E-state index contributed by atoms with van der Waals surface area (Å²) in [7, 11) is 0. The zero-order valence-electron chi connectivity index (χ0n) is 19.0. The van der Waals surface area contributed by atoms with Crippen LogP contribution < -0.4 is 15.0 Å².